The Bertz CT molecular complexity index is 1100. The van der Waals surface area contributed by atoms with Gasteiger partial charge in [-0.05, 0) is 0 Å². The third kappa shape index (κ3) is 5.92. The van der Waals surface area contributed by atoms with E-state index in [2.05, 4.69) is 33.8 Å². The van der Waals surface area contributed by atoms with Crippen LogP contribution in [0.15, 0.2) is 18.5 Å². The van der Waals surface area contributed by atoms with E-state index in [1.54, 1.807) is 6.33 Å². The van der Waals surface area contributed by atoms with Gasteiger partial charge in [-0.2, -0.15) is 0 Å². The fourth-order valence-corrected chi connectivity index (χ4v) is 6.66. The van der Waals surface area contributed by atoms with Crippen LogP contribution in [0, 0.1) is 10.8 Å². The van der Waals surface area contributed by atoms with Crippen LogP contribution in [0.5, 0.6) is 5.88 Å². The van der Waals surface area contributed by atoms with E-state index in [0.717, 1.165) is 6.42 Å². The van der Waals surface area contributed by atoms with Crippen LogP contribution >= 0.6 is 7.26 Å². The van der Waals surface area contributed by atoms with Crippen molar-refractivity contribution in [3.8, 4) is 5.88 Å². The molecule has 2 atom stereocenters. The molecule has 0 radical (unpaired) electrons. The van der Waals surface area contributed by atoms with Crippen LogP contribution < -0.4 is 10.5 Å². The van der Waals surface area contributed by atoms with Crippen LogP contribution in [0.1, 0.15) is 54.0 Å². The first-order valence-electron chi connectivity index (χ1n) is 11.7. The molecule has 11 heteroatoms. The predicted octanol–water partition coefficient (Wildman–Crippen LogP) is 3.76. The van der Waals surface area contributed by atoms with Gasteiger partial charge in [-0.15, -0.1) is 0 Å². The van der Waals surface area contributed by atoms with Crippen LogP contribution in [0.4, 0.5) is 5.95 Å². The average molecular weight is 508 g/mol. The normalized spacial score (nSPS) is 19.1. The molecule has 0 saturated heterocycles. The number of methoxy groups -OCH3 is 1. The van der Waals surface area contributed by atoms with Crippen LogP contribution in [0.2, 0.25) is 0 Å². The van der Waals surface area contributed by atoms with E-state index < -0.39 is 18.1 Å². The SMILES string of the molecule is COc1nc(N)nc2c1ncn2[C@@H]1C=C[C@H]([PH](C)(COC(=O)C(C)(C)C)COC(=O)C(C)(C)C)C1. The number of ether oxygens (including phenoxy) is 3. The maximum atomic E-state index is 12.5. The number of nitrogens with zero attached hydrogens (tertiary/aromatic N) is 4. The molecule has 0 spiro atoms. The van der Waals surface area contributed by atoms with Gasteiger partial charge in [-0.25, -0.2) is 0 Å². The average Bonchev–Trinajstić information content (AvgIpc) is 3.41. The number of hydrogen-bond donors (Lipinski definition) is 1. The van der Waals surface area contributed by atoms with Crippen molar-refractivity contribution >= 4 is 36.3 Å². The number of nitrogen functional groups attached to an aromatic ring is 1. The number of aromatic nitrogens is 4. The number of hydrogen-bond acceptors (Lipinski definition) is 9. The summed E-state index contributed by atoms with van der Waals surface area (Å²) in [6.07, 6.45) is 7.20. The number of rotatable bonds is 7. The van der Waals surface area contributed by atoms with Crippen LogP contribution in [0.25, 0.3) is 11.2 Å². The standard InChI is InChI=1S/C24H38N5O5P/c1-23(2,3)20(30)33-13-35(8,14-34-21(31)24(4,5)6)16-10-9-15(11-16)29-12-26-17-18(29)27-22(25)28-19(17)32-7/h9-10,12,15-16,35H,11,13-14H2,1-8H3,(H2,25,27,28)/t15-,16+/m1/s1. The molecule has 2 aromatic heterocycles. The first-order chi connectivity index (χ1) is 16.2. The molecule has 0 bridgehead atoms. The van der Waals surface area contributed by atoms with E-state index >= 15 is 0 Å². The van der Waals surface area contributed by atoms with Gasteiger partial charge in [0.2, 0.25) is 0 Å². The quantitative estimate of drug-likeness (QED) is 0.338. The monoisotopic (exact) mass is 507 g/mol. The van der Waals surface area contributed by atoms with E-state index in [0.29, 0.717) is 17.0 Å². The van der Waals surface area contributed by atoms with Crippen molar-refractivity contribution in [2.24, 2.45) is 10.8 Å². The predicted molar refractivity (Wildman–Crippen MR) is 138 cm³/mol. The van der Waals surface area contributed by atoms with Crippen molar-refractivity contribution < 1.29 is 23.8 Å². The molecule has 2 aromatic rings. The van der Waals surface area contributed by atoms with Gasteiger partial charge in [0.1, 0.15) is 0 Å². The minimum atomic E-state index is -2.44. The Hall–Kier alpha value is -2.74. The summed E-state index contributed by atoms with van der Waals surface area (Å²) < 4.78 is 18.8. The third-order valence-electron chi connectivity index (χ3n) is 6.20. The molecule has 0 aromatic carbocycles. The number of allylic oxidation sites excluding steroid dienone is 2. The van der Waals surface area contributed by atoms with E-state index in [1.807, 2.05) is 46.1 Å². The number of carbonyl (C=O) groups is 2. The van der Waals surface area contributed by atoms with Gasteiger partial charge in [0.15, 0.2) is 0 Å². The summed E-state index contributed by atoms with van der Waals surface area (Å²) in [4.78, 5) is 38.0. The summed E-state index contributed by atoms with van der Waals surface area (Å²) in [6, 6.07) is -0.0348. The van der Waals surface area contributed by atoms with Gasteiger partial charge in [0.25, 0.3) is 0 Å². The number of carbonyl (C=O) groups excluding carboxylic acids is 2. The van der Waals surface area contributed by atoms with E-state index in [9.17, 15) is 9.59 Å². The first-order valence-corrected chi connectivity index (χ1v) is 14.7. The summed E-state index contributed by atoms with van der Waals surface area (Å²) in [5.74, 6) is -0.0993. The molecule has 0 aliphatic heterocycles. The molecule has 0 unspecified atom stereocenters. The third-order valence-corrected chi connectivity index (χ3v) is 10.0. The number of anilines is 1. The fraction of sp³-hybridized carbons (Fsp3) is 0.625. The second-order valence-corrected chi connectivity index (χ2v) is 16.1. The van der Waals surface area contributed by atoms with Gasteiger partial charge >= 0.3 is 207 Å². The molecular formula is C24H38N5O5P. The second-order valence-electron chi connectivity index (χ2n) is 11.5. The Kier molecular flexibility index (Phi) is 7.46. The zero-order chi connectivity index (χ0) is 26.2. The topological polar surface area (TPSA) is 131 Å². The van der Waals surface area contributed by atoms with Crippen molar-refractivity contribution in [3.63, 3.8) is 0 Å². The van der Waals surface area contributed by atoms with Crippen LogP contribution in [-0.4, -0.2) is 63.6 Å². The van der Waals surface area contributed by atoms with Gasteiger partial charge in [-0.3, -0.25) is 0 Å². The van der Waals surface area contributed by atoms with E-state index in [1.165, 1.54) is 7.11 Å². The summed E-state index contributed by atoms with van der Waals surface area (Å²) in [6.45, 7) is 13.1. The minimum absolute atomic E-state index is 0.0348. The van der Waals surface area contributed by atoms with Crippen LogP contribution in [0.3, 0.4) is 0 Å². The summed E-state index contributed by atoms with van der Waals surface area (Å²) in [5, 5.41) is 0. The first kappa shape index (κ1) is 26.9. The zero-order valence-corrected chi connectivity index (χ0v) is 22.9. The molecule has 194 valence electrons. The van der Waals surface area contributed by atoms with Gasteiger partial charge in [0.05, 0.1) is 0 Å². The summed E-state index contributed by atoms with van der Waals surface area (Å²) in [5.41, 5.74) is 5.89. The van der Waals surface area contributed by atoms with Crippen molar-refractivity contribution in [2.45, 2.75) is 59.7 Å². The second kappa shape index (κ2) is 9.72. The number of fused-ring (bicyclic) bond motifs is 1. The maximum absolute atomic E-state index is 12.5. The molecule has 0 fully saturated rings. The van der Waals surface area contributed by atoms with Gasteiger partial charge in [-0.1, -0.05) is 0 Å². The molecule has 2 N–H and O–H groups in total. The van der Waals surface area contributed by atoms with Crippen LogP contribution in [-0.2, 0) is 19.1 Å². The van der Waals surface area contributed by atoms with E-state index in [-0.39, 0.29) is 42.3 Å². The Labute approximate surface area is 207 Å². The van der Waals surface area contributed by atoms with Gasteiger partial charge < -0.3 is 0 Å². The number of nitrogens with two attached hydrogens (primary N) is 1. The Morgan fingerprint density at radius 2 is 1.63 bits per heavy atom. The molecule has 0 saturated carbocycles. The van der Waals surface area contributed by atoms with Crippen molar-refractivity contribution in [3.05, 3.63) is 18.5 Å². The molecule has 2 heterocycles. The Balaban J connectivity index is 1.84. The van der Waals surface area contributed by atoms with Crippen molar-refractivity contribution in [1.82, 2.24) is 19.5 Å². The van der Waals surface area contributed by atoms with Gasteiger partial charge in [0, 0.05) is 0 Å². The fourth-order valence-electron chi connectivity index (χ4n) is 3.84. The number of imidazole rings is 1. The zero-order valence-electron chi connectivity index (χ0n) is 21.9. The Morgan fingerprint density at radius 3 is 2.14 bits per heavy atom. The molecule has 1 aliphatic carbocycles. The summed E-state index contributed by atoms with van der Waals surface area (Å²) in [7, 11) is -0.924. The molecule has 0 amide bonds. The molecule has 3 rings (SSSR count). The van der Waals surface area contributed by atoms with E-state index in [4.69, 9.17) is 19.9 Å². The molecule has 1 aliphatic rings. The molecule has 35 heavy (non-hydrogen) atoms. The Morgan fingerprint density at radius 1 is 1.06 bits per heavy atom. The molecular weight excluding hydrogens is 469 g/mol. The molecule has 10 nitrogen and oxygen atoms in total. The summed E-state index contributed by atoms with van der Waals surface area (Å²) >= 11 is 0. The number of esters is 2. The van der Waals surface area contributed by atoms with Crippen molar-refractivity contribution in [2.75, 3.05) is 32.2 Å². The van der Waals surface area contributed by atoms with Crippen molar-refractivity contribution in [1.29, 1.82) is 0 Å².